The fourth-order valence-corrected chi connectivity index (χ4v) is 2.38. The second kappa shape index (κ2) is 8.70. The van der Waals surface area contributed by atoms with Crippen molar-refractivity contribution in [3.63, 3.8) is 0 Å². The third-order valence-electron chi connectivity index (χ3n) is 3.36. The molecular weight excluding hydrogens is 418 g/mol. The molecule has 1 amide bonds. The maximum atomic E-state index is 12.2. The highest BCUT2D eigenvalue weighted by Gasteiger charge is 2.14. The van der Waals surface area contributed by atoms with E-state index in [0.717, 1.165) is 22.3 Å². The Labute approximate surface area is 155 Å². The minimum atomic E-state index is -2.72. The molecular formula is C15H15BrF2N4O4. The zero-order valence-corrected chi connectivity index (χ0v) is 15.2. The summed E-state index contributed by atoms with van der Waals surface area (Å²) in [5.74, 6) is -0.530. The summed E-state index contributed by atoms with van der Waals surface area (Å²) in [5, 5.41) is 17.5. The fraction of sp³-hybridized carbons (Fsp3) is 0.333. The van der Waals surface area contributed by atoms with Crippen molar-refractivity contribution in [3.8, 4) is 5.75 Å². The summed E-state index contributed by atoms with van der Waals surface area (Å²) in [6, 6.07) is 3.40. The number of halogens is 3. The Morgan fingerprint density at radius 2 is 2.19 bits per heavy atom. The normalized spacial score (nSPS) is 10.8. The van der Waals surface area contributed by atoms with E-state index in [0.29, 0.717) is 6.54 Å². The Morgan fingerprint density at radius 3 is 2.77 bits per heavy atom. The number of nitrogens with one attached hydrogen (secondary N) is 1. The van der Waals surface area contributed by atoms with Crippen LogP contribution in [0.1, 0.15) is 12.1 Å². The summed E-state index contributed by atoms with van der Waals surface area (Å²) in [6.07, 6.45) is -1.03. The van der Waals surface area contributed by atoms with Gasteiger partial charge in [0, 0.05) is 24.2 Å². The predicted molar refractivity (Wildman–Crippen MR) is 92.5 cm³/mol. The number of aryl methyl sites for hydroxylation is 1. The third kappa shape index (κ3) is 5.48. The van der Waals surface area contributed by atoms with Gasteiger partial charge in [0.25, 0.3) is 12.1 Å². The third-order valence-corrected chi connectivity index (χ3v) is 4.13. The summed E-state index contributed by atoms with van der Waals surface area (Å²) in [5.41, 5.74) is 0.571. The van der Waals surface area contributed by atoms with Crippen LogP contribution in [-0.2, 0) is 11.3 Å². The number of carbonyl (C=O) groups is 1. The smallest absolute Gasteiger partial charge is 0.275 e. The van der Waals surface area contributed by atoms with Gasteiger partial charge in [-0.25, -0.2) is 8.78 Å². The molecule has 11 heteroatoms. The van der Waals surface area contributed by atoms with Crippen molar-refractivity contribution in [1.82, 2.24) is 9.78 Å². The van der Waals surface area contributed by atoms with Crippen molar-refractivity contribution >= 4 is 33.2 Å². The lowest BCUT2D eigenvalue weighted by molar-refractivity contribution is -0.384. The minimum Gasteiger partial charge on any atom is -0.487 e. The highest BCUT2D eigenvalue weighted by Crippen LogP contribution is 2.26. The van der Waals surface area contributed by atoms with Crippen LogP contribution in [0.15, 0.2) is 28.9 Å². The predicted octanol–water partition coefficient (Wildman–Crippen LogP) is 3.53. The first-order valence-electron chi connectivity index (χ1n) is 7.44. The molecule has 0 atom stereocenters. The molecule has 0 spiro atoms. The number of nitro groups is 1. The lowest BCUT2D eigenvalue weighted by Crippen LogP contribution is -2.16. The van der Waals surface area contributed by atoms with E-state index in [1.807, 2.05) is 6.92 Å². The number of aromatic nitrogens is 2. The molecule has 0 aliphatic carbocycles. The summed E-state index contributed by atoms with van der Waals surface area (Å²) in [6.45, 7) is 1.25. The summed E-state index contributed by atoms with van der Waals surface area (Å²) >= 11 is 3.32. The van der Waals surface area contributed by atoms with E-state index in [9.17, 15) is 23.7 Å². The van der Waals surface area contributed by atoms with Gasteiger partial charge in [0.15, 0.2) is 0 Å². The Morgan fingerprint density at radius 1 is 1.46 bits per heavy atom. The Bertz CT molecular complexity index is 813. The van der Waals surface area contributed by atoms with Crippen LogP contribution in [0.4, 0.5) is 20.2 Å². The van der Waals surface area contributed by atoms with Crippen molar-refractivity contribution < 1.29 is 23.2 Å². The van der Waals surface area contributed by atoms with Gasteiger partial charge >= 0.3 is 0 Å². The Hall–Kier alpha value is -2.56. The van der Waals surface area contributed by atoms with Crippen LogP contribution in [0, 0.1) is 17.0 Å². The second-order valence-corrected chi connectivity index (χ2v) is 6.13. The molecule has 0 radical (unpaired) electrons. The number of hydrogen-bond donors (Lipinski definition) is 1. The van der Waals surface area contributed by atoms with E-state index in [2.05, 4.69) is 26.3 Å². The van der Waals surface area contributed by atoms with Crippen LogP contribution >= 0.6 is 15.9 Å². The minimum absolute atomic E-state index is 0.0743. The molecule has 0 unspecified atom stereocenters. The van der Waals surface area contributed by atoms with E-state index < -0.39 is 23.9 Å². The number of benzene rings is 1. The van der Waals surface area contributed by atoms with Crippen LogP contribution in [0.5, 0.6) is 5.75 Å². The lowest BCUT2D eigenvalue weighted by atomic mass is 10.2. The molecule has 1 aromatic carbocycles. The van der Waals surface area contributed by atoms with Crippen LogP contribution in [0.2, 0.25) is 0 Å². The number of nitrogens with zero attached hydrogens (tertiary/aromatic N) is 3. The number of alkyl halides is 2. The van der Waals surface area contributed by atoms with E-state index in [1.54, 1.807) is 10.9 Å². The van der Waals surface area contributed by atoms with Gasteiger partial charge in [0.1, 0.15) is 12.4 Å². The first kappa shape index (κ1) is 19.8. The van der Waals surface area contributed by atoms with Gasteiger partial charge in [-0.1, -0.05) is 0 Å². The number of hydrogen-bond acceptors (Lipinski definition) is 5. The Balaban J connectivity index is 2.05. The molecule has 0 fully saturated rings. The number of ether oxygens (including phenoxy) is 1. The van der Waals surface area contributed by atoms with Gasteiger partial charge in [-0.15, -0.1) is 0 Å². The molecule has 2 rings (SSSR count). The second-order valence-electron chi connectivity index (χ2n) is 5.27. The molecule has 1 aromatic heterocycles. The molecule has 2 aromatic rings. The van der Waals surface area contributed by atoms with Crippen molar-refractivity contribution in [2.75, 3.05) is 11.9 Å². The largest absolute Gasteiger partial charge is 0.487 e. The molecule has 8 nitrogen and oxygen atoms in total. The van der Waals surface area contributed by atoms with Gasteiger partial charge in [-0.05, 0) is 22.9 Å². The van der Waals surface area contributed by atoms with Crippen LogP contribution in [0.3, 0.4) is 0 Å². The maximum Gasteiger partial charge on any atom is 0.275 e. The maximum absolute atomic E-state index is 12.2. The Kier molecular flexibility index (Phi) is 6.61. The van der Waals surface area contributed by atoms with Gasteiger partial charge in [-0.2, -0.15) is 5.10 Å². The van der Waals surface area contributed by atoms with Crippen molar-refractivity contribution in [3.05, 3.63) is 44.7 Å². The SMILES string of the molecule is Cc1c(Br)cnn1CCC(=O)Nc1cc(OCC(F)F)cc([N+](=O)[O-])c1. The lowest BCUT2D eigenvalue weighted by Gasteiger charge is -2.10. The van der Waals surface area contributed by atoms with Gasteiger partial charge < -0.3 is 10.1 Å². The van der Waals surface area contributed by atoms with E-state index in [1.165, 1.54) is 6.07 Å². The van der Waals surface area contributed by atoms with E-state index in [-0.39, 0.29) is 23.5 Å². The molecule has 0 aliphatic rings. The van der Waals surface area contributed by atoms with Gasteiger partial charge in [-0.3, -0.25) is 19.6 Å². The summed E-state index contributed by atoms with van der Waals surface area (Å²) in [4.78, 5) is 22.3. The number of anilines is 1. The molecule has 0 saturated carbocycles. The number of amides is 1. The van der Waals surface area contributed by atoms with Gasteiger partial charge in [0.05, 0.1) is 33.9 Å². The van der Waals surface area contributed by atoms with Gasteiger partial charge in [0.2, 0.25) is 5.91 Å². The monoisotopic (exact) mass is 432 g/mol. The van der Waals surface area contributed by atoms with Crippen LogP contribution in [0.25, 0.3) is 0 Å². The number of non-ortho nitro benzene ring substituents is 1. The average Bonchev–Trinajstić information content (AvgIpc) is 2.89. The topological polar surface area (TPSA) is 99.3 Å². The van der Waals surface area contributed by atoms with E-state index in [4.69, 9.17) is 4.74 Å². The van der Waals surface area contributed by atoms with Crippen molar-refractivity contribution in [2.24, 2.45) is 0 Å². The van der Waals surface area contributed by atoms with E-state index >= 15 is 0 Å². The molecule has 1 heterocycles. The first-order chi connectivity index (χ1) is 12.3. The van der Waals surface area contributed by atoms with Crippen LogP contribution < -0.4 is 10.1 Å². The molecule has 1 N–H and O–H groups in total. The zero-order chi connectivity index (χ0) is 19.3. The highest BCUT2D eigenvalue weighted by molar-refractivity contribution is 9.10. The molecule has 0 aliphatic heterocycles. The number of rotatable bonds is 8. The summed E-state index contributed by atoms with van der Waals surface area (Å²) in [7, 11) is 0. The number of nitro benzene ring substituents is 1. The van der Waals surface area contributed by atoms with Crippen LogP contribution in [-0.4, -0.2) is 33.6 Å². The molecule has 26 heavy (non-hydrogen) atoms. The van der Waals surface area contributed by atoms with Crippen molar-refractivity contribution in [2.45, 2.75) is 26.3 Å². The molecule has 0 bridgehead atoms. The fourth-order valence-electron chi connectivity index (χ4n) is 2.08. The molecule has 0 saturated heterocycles. The van der Waals surface area contributed by atoms with Crippen molar-refractivity contribution in [1.29, 1.82) is 0 Å². The highest BCUT2D eigenvalue weighted by atomic mass is 79.9. The first-order valence-corrected chi connectivity index (χ1v) is 8.23. The number of carbonyl (C=O) groups excluding carboxylic acids is 1. The average molecular weight is 433 g/mol. The quantitative estimate of drug-likeness (QED) is 0.507. The standard InChI is InChI=1S/C15H15BrF2N4O4/c1-9-13(16)7-19-21(9)3-2-15(23)20-10-4-11(22(24)25)6-12(5-10)26-8-14(17)18/h4-7,14H,2-3,8H2,1H3,(H,20,23). The zero-order valence-electron chi connectivity index (χ0n) is 13.6. The summed E-state index contributed by atoms with van der Waals surface area (Å²) < 4.78 is 31.7. The molecule has 140 valence electrons.